The van der Waals surface area contributed by atoms with Gasteiger partial charge in [-0.05, 0) is 43.3 Å². The second kappa shape index (κ2) is 8.73. The lowest BCUT2D eigenvalue weighted by Crippen LogP contribution is -2.41. The van der Waals surface area contributed by atoms with E-state index in [0.717, 1.165) is 0 Å². The number of hydrogen-bond acceptors (Lipinski definition) is 5. The standard InChI is InChI=1S/C21H22FNO5/c1-3-27-15-10-8-14(9-11-15)20(24)23-13-16(12-18(23)21(25)26-2)28-19-7-5-4-6-17(19)22/h4-11,16,18H,3,12-13H2,1-2H3. The van der Waals surface area contributed by atoms with Crippen LogP contribution in [0, 0.1) is 5.82 Å². The molecule has 1 aliphatic heterocycles. The average molecular weight is 387 g/mol. The van der Waals surface area contributed by atoms with Crippen LogP contribution in [0.2, 0.25) is 0 Å². The topological polar surface area (TPSA) is 65.1 Å². The predicted octanol–water partition coefficient (Wildman–Crippen LogP) is 3.06. The number of amides is 1. The van der Waals surface area contributed by atoms with Gasteiger partial charge in [0.2, 0.25) is 0 Å². The maximum atomic E-state index is 13.9. The van der Waals surface area contributed by atoms with Gasteiger partial charge >= 0.3 is 5.97 Å². The molecule has 0 aromatic heterocycles. The zero-order valence-electron chi connectivity index (χ0n) is 15.8. The van der Waals surface area contributed by atoms with E-state index in [2.05, 4.69) is 0 Å². The number of carbonyl (C=O) groups is 2. The third kappa shape index (κ3) is 4.24. The summed E-state index contributed by atoms with van der Waals surface area (Å²) in [6.45, 7) is 2.55. The summed E-state index contributed by atoms with van der Waals surface area (Å²) in [7, 11) is 1.27. The number of rotatable bonds is 6. The van der Waals surface area contributed by atoms with E-state index < -0.39 is 23.9 Å². The van der Waals surface area contributed by atoms with Crippen LogP contribution in [0.5, 0.6) is 11.5 Å². The van der Waals surface area contributed by atoms with Crippen LogP contribution in [0.25, 0.3) is 0 Å². The Labute approximate surface area is 162 Å². The van der Waals surface area contributed by atoms with Crippen LogP contribution >= 0.6 is 0 Å². The van der Waals surface area contributed by atoms with Gasteiger partial charge in [-0.1, -0.05) is 12.1 Å². The number of para-hydroxylation sites is 1. The van der Waals surface area contributed by atoms with Crippen LogP contribution in [0.4, 0.5) is 4.39 Å². The Morgan fingerprint density at radius 3 is 2.50 bits per heavy atom. The zero-order chi connectivity index (χ0) is 20.1. The number of benzene rings is 2. The first-order chi connectivity index (χ1) is 13.5. The molecule has 0 bridgehead atoms. The van der Waals surface area contributed by atoms with Crippen LogP contribution in [-0.2, 0) is 9.53 Å². The summed E-state index contributed by atoms with van der Waals surface area (Å²) in [6.07, 6.45) is -0.295. The normalized spacial score (nSPS) is 18.6. The fourth-order valence-electron chi connectivity index (χ4n) is 3.21. The molecule has 1 amide bonds. The molecule has 0 radical (unpaired) electrons. The molecule has 1 fully saturated rings. The molecule has 0 aliphatic carbocycles. The Bertz CT molecular complexity index is 839. The smallest absolute Gasteiger partial charge is 0.328 e. The Morgan fingerprint density at radius 1 is 1.14 bits per heavy atom. The lowest BCUT2D eigenvalue weighted by Gasteiger charge is -2.22. The molecule has 2 aromatic rings. The van der Waals surface area contributed by atoms with Crippen molar-refractivity contribution in [1.82, 2.24) is 4.90 Å². The molecule has 0 saturated carbocycles. The Morgan fingerprint density at radius 2 is 1.86 bits per heavy atom. The number of methoxy groups -OCH3 is 1. The number of carbonyl (C=O) groups excluding carboxylic acids is 2. The van der Waals surface area contributed by atoms with Gasteiger partial charge < -0.3 is 19.1 Å². The van der Waals surface area contributed by atoms with E-state index in [1.54, 1.807) is 36.4 Å². The summed E-state index contributed by atoms with van der Waals surface area (Å²) in [5.41, 5.74) is 0.420. The number of ether oxygens (including phenoxy) is 3. The molecule has 2 aromatic carbocycles. The van der Waals surface area contributed by atoms with Crippen molar-refractivity contribution in [3.63, 3.8) is 0 Å². The molecule has 1 heterocycles. The minimum absolute atomic E-state index is 0.0893. The molecule has 7 heteroatoms. The van der Waals surface area contributed by atoms with Gasteiger partial charge in [0.1, 0.15) is 17.9 Å². The molecule has 2 atom stereocenters. The van der Waals surface area contributed by atoms with E-state index in [9.17, 15) is 14.0 Å². The molecular weight excluding hydrogens is 365 g/mol. The van der Waals surface area contributed by atoms with E-state index in [0.29, 0.717) is 17.9 Å². The molecule has 1 aliphatic rings. The molecule has 2 unspecified atom stereocenters. The Hall–Kier alpha value is -3.09. The first-order valence-corrected chi connectivity index (χ1v) is 9.06. The summed E-state index contributed by atoms with van der Waals surface area (Å²) in [4.78, 5) is 26.6. The molecule has 3 rings (SSSR count). The van der Waals surface area contributed by atoms with Crippen molar-refractivity contribution >= 4 is 11.9 Å². The van der Waals surface area contributed by atoms with Crippen LogP contribution < -0.4 is 9.47 Å². The summed E-state index contributed by atoms with van der Waals surface area (Å²) < 4.78 is 29.8. The molecule has 148 valence electrons. The van der Waals surface area contributed by atoms with Crippen molar-refractivity contribution in [2.75, 3.05) is 20.3 Å². The maximum Gasteiger partial charge on any atom is 0.328 e. The third-order valence-corrected chi connectivity index (χ3v) is 4.54. The van der Waals surface area contributed by atoms with Gasteiger partial charge in [0, 0.05) is 12.0 Å². The second-order valence-electron chi connectivity index (χ2n) is 6.36. The minimum Gasteiger partial charge on any atom is -0.494 e. The van der Waals surface area contributed by atoms with Gasteiger partial charge in [0.25, 0.3) is 5.91 Å². The molecule has 6 nitrogen and oxygen atoms in total. The number of likely N-dealkylation sites (tertiary alicyclic amines) is 1. The van der Waals surface area contributed by atoms with Crippen LogP contribution in [0.1, 0.15) is 23.7 Å². The van der Waals surface area contributed by atoms with Gasteiger partial charge in [0.15, 0.2) is 11.6 Å². The number of esters is 1. The molecule has 0 spiro atoms. The molecule has 0 N–H and O–H groups in total. The van der Waals surface area contributed by atoms with Crippen molar-refractivity contribution < 1.29 is 28.2 Å². The predicted molar refractivity (Wildman–Crippen MR) is 99.9 cm³/mol. The third-order valence-electron chi connectivity index (χ3n) is 4.54. The van der Waals surface area contributed by atoms with Gasteiger partial charge in [0.05, 0.1) is 20.3 Å². The van der Waals surface area contributed by atoms with Crippen molar-refractivity contribution in [3.8, 4) is 11.5 Å². The van der Waals surface area contributed by atoms with Gasteiger partial charge in [-0.3, -0.25) is 4.79 Å². The molecular formula is C21H22FNO5. The highest BCUT2D eigenvalue weighted by Crippen LogP contribution is 2.27. The van der Waals surface area contributed by atoms with Crippen molar-refractivity contribution in [1.29, 1.82) is 0 Å². The van der Waals surface area contributed by atoms with Crippen molar-refractivity contribution in [2.45, 2.75) is 25.5 Å². The quantitative estimate of drug-likeness (QED) is 0.713. The second-order valence-corrected chi connectivity index (χ2v) is 6.36. The lowest BCUT2D eigenvalue weighted by atomic mass is 10.1. The summed E-state index contributed by atoms with van der Waals surface area (Å²) in [6, 6.07) is 11.9. The molecule has 1 saturated heterocycles. The Kier molecular flexibility index (Phi) is 6.13. The van der Waals surface area contributed by atoms with Crippen LogP contribution in [0.3, 0.4) is 0 Å². The van der Waals surface area contributed by atoms with E-state index >= 15 is 0 Å². The summed E-state index contributed by atoms with van der Waals surface area (Å²) >= 11 is 0. The van der Waals surface area contributed by atoms with E-state index in [-0.39, 0.29) is 24.6 Å². The first-order valence-electron chi connectivity index (χ1n) is 9.06. The monoisotopic (exact) mass is 387 g/mol. The lowest BCUT2D eigenvalue weighted by molar-refractivity contribution is -0.145. The zero-order valence-corrected chi connectivity index (χ0v) is 15.8. The largest absolute Gasteiger partial charge is 0.494 e. The average Bonchev–Trinajstić information content (AvgIpc) is 3.13. The van der Waals surface area contributed by atoms with Gasteiger partial charge in [-0.25, -0.2) is 9.18 Å². The maximum absolute atomic E-state index is 13.9. The highest BCUT2D eigenvalue weighted by molar-refractivity contribution is 5.97. The van der Waals surface area contributed by atoms with Gasteiger partial charge in [-0.15, -0.1) is 0 Å². The number of halogens is 1. The summed E-state index contributed by atoms with van der Waals surface area (Å²) in [5.74, 6) is -0.595. The SMILES string of the molecule is CCOc1ccc(C(=O)N2CC(Oc3ccccc3F)CC2C(=O)OC)cc1. The number of nitrogens with zero attached hydrogens (tertiary/aromatic N) is 1. The van der Waals surface area contributed by atoms with Gasteiger partial charge in [-0.2, -0.15) is 0 Å². The van der Waals surface area contributed by atoms with Crippen molar-refractivity contribution in [2.24, 2.45) is 0 Å². The fourth-order valence-corrected chi connectivity index (χ4v) is 3.21. The fraction of sp³-hybridized carbons (Fsp3) is 0.333. The van der Waals surface area contributed by atoms with Crippen LogP contribution in [0.15, 0.2) is 48.5 Å². The summed E-state index contributed by atoms with van der Waals surface area (Å²) in [5, 5.41) is 0. The first kappa shape index (κ1) is 19.7. The van der Waals surface area contributed by atoms with E-state index in [1.165, 1.54) is 24.1 Å². The Balaban J connectivity index is 1.78. The van der Waals surface area contributed by atoms with Crippen molar-refractivity contribution in [3.05, 3.63) is 59.9 Å². The highest BCUT2D eigenvalue weighted by atomic mass is 19.1. The van der Waals surface area contributed by atoms with Crippen LogP contribution in [-0.4, -0.2) is 49.2 Å². The number of hydrogen-bond donors (Lipinski definition) is 0. The molecule has 28 heavy (non-hydrogen) atoms. The van der Waals surface area contributed by atoms with E-state index in [4.69, 9.17) is 14.2 Å². The highest BCUT2D eigenvalue weighted by Gasteiger charge is 2.42. The minimum atomic E-state index is -0.791. The van der Waals surface area contributed by atoms with E-state index in [1.807, 2.05) is 6.92 Å².